The number of ether oxygens (including phenoxy) is 6. The van der Waals surface area contributed by atoms with Crippen LogP contribution in [0.4, 0.5) is 11.4 Å². The second-order valence-electron chi connectivity index (χ2n) is 11.7. The summed E-state index contributed by atoms with van der Waals surface area (Å²) in [6.45, 7) is 1.32. The van der Waals surface area contributed by atoms with E-state index in [0.29, 0.717) is 72.6 Å². The maximum atomic E-state index is 10.1. The number of aliphatic hydroxyl groups is 8. The van der Waals surface area contributed by atoms with Gasteiger partial charge in [-0.05, 0) is 73.0 Å². The van der Waals surface area contributed by atoms with Crippen molar-refractivity contribution in [1.29, 1.82) is 0 Å². The second kappa shape index (κ2) is 21.0. The molecule has 0 aromatic heterocycles. The molecule has 0 bridgehead atoms. The third-order valence-corrected chi connectivity index (χ3v) is 8.35. The Morgan fingerprint density at radius 2 is 0.904 bits per heavy atom. The fourth-order valence-corrected chi connectivity index (χ4v) is 5.42. The van der Waals surface area contributed by atoms with Crippen molar-refractivity contribution >= 4 is 46.0 Å². The van der Waals surface area contributed by atoms with Gasteiger partial charge in [0, 0.05) is 24.5 Å². The molecule has 12 N–H and O–H groups in total. The summed E-state index contributed by atoms with van der Waals surface area (Å²) in [5.74, 6) is 0.654. The Morgan fingerprint density at radius 3 is 1.25 bits per heavy atom. The molecule has 2 aromatic rings. The molecule has 10 atom stereocenters. The predicted octanol–water partition coefficient (Wildman–Crippen LogP) is -2.65. The average molecular weight is 775 g/mol. The molecule has 0 amide bonds. The molecule has 2 heterocycles. The summed E-state index contributed by atoms with van der Waals surface area (Å²) >= 11 is 10.6. The van der Waals surface area contributed by atoms with Crippen LogP contribution < -0.4 is 30.7 Å². The molecule has 0 spiro atoms. The first-order chi connectivity index (χ1) is 25.0. The highest BCUT2D eigenvalue weighted by Gasteiger charge is 2.45. The normalized spacial score (nSPS) is 28.8. The first-order valence-corrected chi connectivity index (χ1v) is 17.2. The highest BCUT2D eigenvalue weighted by Crippen LogP contribution is 2.26. The van der Waals surface area contributed by atoms with Crippen LogP contribution in [-0.2, 0) is 18.9 Å². The third-order valence-electron chi connectivity index (χ3n) is 7.86. The molecule has 0 unspecified atom stereocenters. The van der Waals surface area contributed by atoms with Crippen LogP contribution in [0, 0.1) is 0 Å². The van der Waals surface area contributed by atoms with Crippen molar-refractivity contribution < 1.29 is 69.3 Å². The fraction of sp³-hybridized carbons (Fsp3) is 0.562. The molecule has 18 nitrogen and oxygen atoms in total. The van der Waals surface area contributed by atoms with Gasteiger partial charge >= 0.3 is 0 Å². The number of hydrogen-bond acceptors (Lipinski definition) is 16. The van der Waals surface area contributed by atoms with Crippen molar-refractivity contribution in [3.05, 3.63) is 48.5 Å². The summed E-state index contributed by atoms with van der Waals surface area (Å²) in [6, 6.07) is 13.1. The molecule has 2 aliphatic rings. The summed E-state index contributed by atoms with van der Waals surface area (Å²) < 4.78 is 33.0. The van der Waals surface area contributed by atoms with E-state index in [-0.39, 0.29) is 0 Å². The van der Waals surface area contributed by atoms with Gasteiger partial charge in [0.2, 0.25) is 12.6 Å². The Labute approximate surface area is 310 Å². The quantitative estimate of drug-likeness (QED) is 0.0578. The number of rotatable bonds is 17. The smallest absolute Gasteiger partial charge is 0.229 e. The maximum absolute atomic E-state index is 10.1. The van der Waals surface area contributed by atoms with E-state index in [0.717, 1.165) is 0 Å². The van der Waals surface area contributed by atoms with Crippen LogP contribution in [0.2, 0.25) is 0 Å². The molecule has 2 fully saturated rings. The number of benzene rings is 2. The van der Waals surface area contributed by atoms with Crippen LogP contribution in [-0.4, -0.2) is 165 Å². The van der Waals surface area contributed by atoms with Gasteiger partial charge in [0.25, 0.3) is 0 Å². The summed E-state index contributed by atoms with van der Waals surface area (Å²) in [6.07, 6.45) is -13.7. The minimum absolute atomic E-state index is 0.327. The van der Waals surface area contributed by atoms with Crippen molar-refractivity contribution in [3.63, 3.8) is 0 Å². The van der Waals surface area contributed by atoms with E-state index in [1.165, 1.54) is 0 Å². The number of aliphatic hydroxyl groups excluding tert-OH is 8. The van der Waals surface area contributed by atoms with E-state index in [9.17, 15) is 40.9 Å². The molecule has 0 saturated carbocycles. The van der Waals surface area contributed by atoms with Crippen LogP contribution >= 0.6 is 24.4 Å². The van der Waals surface area contributed by atoms with Gasteiger partial charge in [0.1, 0.15) is 60.3 Å². The lowest BCUT2D eigenvalue weighted by molar-refractivity contribution is -0.277. The fourth-order valence-electron chi connectivity index (χ4n) is 4.98. The average Bonchev–Trinajstić information content (AvgIpc) is 3.14. The molecular weight excluding hydrogens is 729 g/mol. The molecule has 2 aromatic carbocycles. The number of anilines is 2. The van der Waals surface area contributed by atoms with Gasteiger partial charge in [0.15, 0.2) is 10.2 Å². The Bertz CT molecular complexity index is 1280. The Kier molecular flexibility index (Phi) is 16.8. The standard InChI is InChI=1S/C32H46N4O14S2/c37-15-21-23(39)25(41)27(43)29(49-21)47-19-5-1-17(2-6-19)35-31(51)33-9-11-45-13-14-46-12-10-34-32(52)36-18-3-7-20(8-4-18)48-30-28(44)26(42)24(40)22(16-38)50-30/h1-8,21-30,37-44H,9-16H2,(H2,33,35,51)(H2,34,36,52)/t21-,22-,23-,24-,25+,26+,27+,28+,29+,30+/m1/s1. The van der Waals surface area contributed by atoms with Gasteiger partial charge in [-0.3, -0.25) is 0 Å². The summed E-state index contributed by atoms with van der Waals surface area (Å²) in [5, 5.41) is 91.4. The Balaban J connectivity index is 1.00. The molecule has 290 valence electrons. The van der Waals surface area contributed by atoms with Crippen molar-refractivity contribution in [2.45, 2.75) is 61.4 Å². The molecule has 52 heavy (non-hydrogen) atoms. The maximum Gasteiger partial charge on any atom is 0.229 e. The van der Waals surface area contributed by atoms with Crippen molar-refractivity contribution in [2.75, 3.05) is 63.4 Å². The van der Waals surface area contributed by atoms with Crippen molar-refractivity contribution in [3.8, 4) is 11.5 Å². The molecule has 20 heteroatoms. The van der Waals surface area contributed by atoms with E-state index < -0.39 is 74.6 Å². The third kappa shape index (κ3) is 12.2. The van der Waals surface area contributed by atoms with Gasteiger partial charge in [-0.25, -0.2) is 0 Å². The lowest BCUT2D eigenvalue weighted by Crippen LogP contribution is -2.60. The minimum Gasteiger partial charge on any atom is -0.462 e. The van der Waals surface area contributed by atoms with Gasteiger partial charge in [-0.15, -0.1) is 0 Å². The summed E-state index contributed by atoms with van der Waals surface area (Å²) in [7, 11) is 0. The first-order valence-electron chi connectivity index (χ1n) is 16.4. The van der Waals surface area contributed by atoms with Crippen molar-refractivity contribution in [2.24, 2.45) is 0 Å². The van der Waals surface area contributed by atoms with Crippen molar-refractivity contribution in [1.82, 2.24) is 10.6 Å². The topological polar surface area (TPSA) is 265 Å². The van der Waals surface area contributed by atoms with Gasteiger partial charge in [-0.1, -0.05) is 0 Å². The van der Waals surface area contributed by atoms with Crippen LogP contribution in [0.3, 0.4) is 0 Å². The predicted molar refractivity (Wildman–Crippen MR) is 192 cm³/mol. The first kappa shape index (κ1) is 41.7. The van der Waals surface area contributed by atoms with E-state index in [4.69, 9.17) is 52.9 Å². The van der Waals surface area contributed by atoms with E-state index in [2.05, 4.69) is 21.3 Å². The Morgan fingerprint density at radius 1 is 0.538 bits per heavy atom. The zero-order chi connectivity index (χ0) is 37.6. The second-order valence-corrected chi connectivity index (χ2v) is 12.5. The van der Waals surface area contributed by atoms with Gasteiger partial charge in [0.05, 0.1) is 39.6 Å². The molecule has 2 saturated heterocycles. The molecule has 4 rings (SSSR count). The molecule has 0 radical (unpaired) electrons. The zero-order valence-corrected chi connectivity index (χ0v) is 29.5. The number of thiocarbonyl (C=S) groups is 2. The van der Waals surface area contributed by atoms with Crippen LogP contribution in [0.1, 0.15) is 0 Å². The summed E-state index contributed by atoms with van der Waals surface area (Å²) in [4.78, 5) is 0. The molecular formula is C32H46N4O14S2. The Hall–Kier alpha value is -3.06. The van der Waals surface area contributed by atoms with E-state index >= 15 is 0 Å². The minimum atomic E-state index is -1.53. The SMILES string of the molecule is OC[C@H]1O[C@H](Oc2ccc(NC(=S)NCCOCCOCCNC(=S)Nc3ccc(O[C@H]4O[C@H](CO)[C@@H](O)[C@H](O)[C@@H]4O)cc3)cc2)[C@@H](O)[C@@H](O)[C@@H]1O. The molecule has 2 aliphatic heterocycles. The lowest BCUT2D eigenvalue weighted by atomic mass is 9.99. The summed E-state index contributed by atoms with van der Waals surface area (Å²) in [5.41, 5.74) is 1.32. The van der Waals surface area contributed by atoms with Crippen LogP contribution in [0.15, 0.2) is 48.5 Å². The van der Waals surface area contributed by atoms with Crippen LogP contribution in [0.25, 0.3) is 0 Å². The largest absolute Gasteiger partial charge is 0.462 e. The zero-order valence-electron chi connectivity index (χ0n) is 27.9. The lowest BCUT2D eigenvalue weighted by Gasteiger charge is -2.39. The van der Waals surface area contributed by atoms with E-state index in [1.54, 1.807) is 48.5 Å². The molecule has 0 aliphatic carbocycles. The highest BCUT2D eigenvalue weighted by molar-refractivity contribution is 7.80. The van der Waals surface area contributed by atoms with Crippen LogP contribution in [0.5, 0.6) is 11.5 Å². The number of hydrogen-bond donors (Lipinski definition) is 12. The monoisotopic (exact) mass is 774 g/mol. The highest BCUT2D eigenvalue weighted by atomic mass is 32.1. The van der Waals surface area contributed by atoms with Gasteiger partial charge in [-0.2, -0.15) is 0 Å². The van der Waals surface area contributed by atoms with E-state index in [1.807, 2.05) is 0 Å². The number of nitrogens with one attached hydrogen (secondary N) is 4. The van der Waals surface area contributed by atoms with Gasteiger partial charge < -0.3 is 90.5 Å².